The summed E-state index contributed by atoms with van der Waals surface area (Å²) < 4.78 is 0. The lowest BCUT2D eigenvalue weighted by atomic mass is 10.1. The summed E-state index contributed by atoms with van der Waals surface area (Å²) in [4.78, 5) is 22.4. The molecule has 98 valence electrons. The number of benzene rings is 1. The van der Waals surface area contributed by atoms with Crippen LogP contribution in [0.1, 0.15) is 36.5 Å². The number of carbonyl (C=O) groups excluding carboxylic acids is 2. The SMILES string of the molecule is CC(N)CCCC(=O)Nc1ccc(C(N)=O)cc1. The van der Waals surface area contributed by atoms with Crippen LogP contribution in [0.15, 0.2) is 24.3 Å². The van der Waals surface area contributed by atoms with Crippen molar-refractivity contribution < 1.29 is 9.59 Å². The van der Waals surface area contributed by atoms with Crippen LogP contribution in [-0.2, 0) is 4.79 Å². The van der Waals surface area contributed by atoms with Crippen LogP contribution in [0.4, 0.5) is 5.69 Å². The maximum absolute atomic E-state index is 11.6. The van der Waals surface area contributed by atoms with Gasteiger partial charge in [-0.2, -0.15) is 0 Å². The topological polar surface area (TPSA) is 98.2 Å². The molecule has 5 N–H and O–H groups in total. The van der Waals surface area contributed by atoms with Crippen molar-refractivity contribution in [2.45, 2.75) is 32.2 Å². The first-order valence-corrected chi connectivity index (χ1v) is 5.94. The highest BCUT2D eigenvalue weighted by molar-refractivity contribution is 5.94. The van der Waals surface area contributed by atoms with E-state index in [0.29, 0.717) is 17.7 Å². The standard InChI is InChI=1S/C13H19N3O2/c1-9(14)3-2-4-12(17)16-11-7-5-10(6-8-11)13(15)18/h5-9H,2-4,14H2,1H3,(H2,15,18)(H,16,17). The molecule has 1 rings (SSSR count). The average molecular weight is 249 g/mol. The molecule has 1 atom stereocenters. The molecule has 0 saturated heterocycles. The lowest BCUT2D eigenvalue weighted by Gasteiger charge is -2.07. The van der Waals surface area contributed by atoms with E-state index in [2.05, 4.69) is 5.32 Å². The molecule has 0 aliphatic carbocycles. The van der Waals surface area contributed by atoms with Gasteiger partial charge in [-0.3, -0.25) is 9.59 Å². The summed E-state index contributed by atoms with van der Waals surface area (Å²) in [6.45, 7) is 1.92. The van der Waals surface area contributed by atoms with E-state index in [4.69, 9.17) is 11.5 Å². The van der Waals surface area contributed by atoms with Crippen LogP contribution in [0.25, 0.3) is 0 Å². The van der Waals surface area contributed by atoms with Crippen LogP contribution in [-0.4, -0.2) is 17.9 Å². The van der Waals surface area contributed by atoms with Gasteiger partial charge in [-0.05, 0) is 44.0 Å². The van der Waals surface area contributed by atoms with Crippen molar-refractivity contribution in [3.63, 3.8) is 0 Å². The van der Waals surface area contributed by atoms with E-state index in [-0.39, 0.29) is 11.9 Å². The third-order valence-electron chi connectivity index (χ3n) is 2.52. The summed E-state index contributed by atoms with van der Waals surface area (Å²) in [6, 6.07) is 6.60. The van der Waals surface area contributed by atoms with Gasteiger partial charge in [0.1, 0.15) is 0 Å². The van der Waals surface area contributed by atoms with Gasteiger partial charge in [0, 0.05) is 23.7 Å². The average Bonchev–Trinajstić information content (AvgIpc) is 2.29. The summed E-state index contributed by atoms with van der Waals surface area (Å²) in [5, 5.41) is 2.75. The minimum absolute atomic E-state index is 0.0533. The minimum atomic E-state index is -0.482. The van der Waals surface area contributed by atoms with Crippen molar-refractivity contribution >= 4 is 17.5 Å². The molecule has 1 aromatic carbocycles. The summed E-state index contributed by atoms with van der Waals surface area (Å²) in [5.74, 6) is -0.535. The lowest BCUT2D eigenvalue weighted by Crippen LogP contribution is -2.17. The van der Waals surface area contributed by atoms with Crippen molar-refractivity contribution in [3.05, 3.63) is 29.8 Å². The Kier molecular flexibility index (Phi) is 5.32. The van der Waals surface area contributed by atoms with Gasteiger partial charge in [0.15, 0.2) is 0 Å². The molecular weight excluding hydrogens is 230 g/mol. The Labute approximate surface area is 107 Å². The number of nitrogens with two attached hydrogens (primary N) is 2. The first-order chi connectivity index (χ1) is 8.49. The van der Waals surface area contributed by atoms with Gasteiger partial charge in [-0.15, -0.1) is 0 Å². The molecule has 0 saturated carbocycles. The Bertz CT molecular complexity index is 413. The fraction of sp³-hybridized carbons (Fsp3) is 0.385. The van der Waals surface area contributed by atoms with Gasteiger partial charge in [0.05, 0.1) is 0 Å². The molecule has 0 spiro atoms. The van der Waals surface area contributed by atoms with Gasteiger partial charge < -0.3 is 16.8 Å². The van der Waals surface area contributed by atoms with E-state index in [1.807, 2.05) is 6.92 Å². The molecule has 5 nitrogen and oxygen atoms in total. The van der Waals surface area contributed by atoms with Gasteiger partial charge in [0.2, 0.25) is 11.8 Å². The first-order valence-electron chi connectivity index (χ1n) is 5.94. The number of hydrogen-bond acceptors (Lipinski definition) is 3. The molecule has 0 aliphatic heterocycles. The van der Waals surface area contributed by atoms with Crippen LogP contribution >= 0.6 is 0 Å². The molecule has 0 aromatic heterocycles. The Morgan fingerprint density at radius 1 is 1.28 bits per heavy atom. The number of primary amides is 1. The predicted octanol–water partition coefficient (Wildman–Crippen LogP) is 1.24. The lowest BCUT2D eigenvalue weighted by molar-refractivity contribution is -0.116. The smallest absolute Gasteiger partial charge is 0.248 e. The molecule has 1 aromatic rings. The van der Waals surface area contributed by atoms with Gasteiger partial charge >= 0.3 is 0 Å². The number of rotatable bonds is 6. The highest BCUT2D eigenvalue weighted by Crippen LogP contribution is 2.10. The zero-order chi connectivity index (χ0) is 13.5. The van der Waals surface area contributed by atoms with Crippen molar-refractivity contribution in [3.8, 4) is 0 Å². The molecule has 0 heterocycles. The van der Waals surface area contributed by atoms with Crippen LogP contribution in [0, 0.1) is 0 Å². The quantitative estimate of drug-likeness (QED) is 0.707. The molecule has 0 radical (unpaired) electrons. The maximum Gasteiger partial charge on any atom is 0.248 e. The van der Waals surface area contributed by atoms with Crippen molar-refractivity contribution in [1.29, 1.82) is 0 Å². The highest BCUT2D eigenvalue weighted by Gasteiger charge is 2.04. The maximum atomic E-state index is 11.6. The molecule has 5 heteroatoms. The molecule has 2 amide bonds. The molecule has 0 fully saturated rings. The Morgan fingerprint density at radius 3 is 2.39 bits per heavy atom. The largest absolute Gasteiger partial charge is 0.366 e. The number of carbonyl (C=O) groups is 2. The summed E-state index contributed by atoms with van der Waals surface area (Å²) in [7, 11) is 0. The molecular formula is C13H19N3O2. The second kappa shape index (κ2) is 6.76. The number of nitrogens with one attached hydrogen (secondary N) is 1. The monoisotopic (exact) mass is 249 g/mol. The fourth-order valence-corrected chi connectivity index (χ4v) is 1.53. The minimum Gasteiger partial charge on any atom is -0.366 e. The third kappa shape index (κ3) is 4.97. The second-order valence-corrected chi connectivity index (χ2v) is 4.36. The number of anilines is 1. The van der Waals surface area contributed by atoms with E-state index in [0.717, 1.165) is 12.8 Å². The zero-order valence-corrected chi connectivity index (χ0v) is 10.5. The summed E-state index contributed by atoms with van der Waals surface area (Å²) in [5.41, 5.74) is 11.8. The zero-order valence-electron chi connectivity index (χ0n) is 10.5. The van der Waals surface area contributed by atoms with Gasteiger partial charge in [0.25, 0.3) is 0 Å². The Hall–Kier alpha value is -1.88. The molecule has 0 aliphatic rings. The van der Waals surface area contributed by atoms with E-state index in [9.17, 15) is 9.59 Å². The summed E-state index contributed by atoms with van der Waals surface area (Å²) >= 11 is 0. The Morgan fingerprint density at radius 2 is 1.89 bits per heavy atom. The highest BCUT2D eigenvalue weighted by atomic mass is 16.1. The Balaban J connectivity index is 2.42. The van der Waals surface area contributed by atoms with Crippen molar-refractivity contribution in [2.24, 2.45) is 11.5 Å². The molecule has 1 unspecified atom stereocenters. The van der Waals surface area contributed by atoms with E-state index in [1.165, 1.54) is 0 Å². The van der Waals surface area contributed by atoms with Gasteiger partial charge in [-0.25, -0.2) is 0 Å². The van der Waals surface area contributed by atoms with E-state index < -0.39 is 5.91 Å². The van der Waals surface area contributed by atoms with Crippen LogP contribution in [0.2, 0.25) is 0 Å². The summed E-state index contributed by atoms with van der Waals surface area (Å²) in [6.07, 6.45) is 2.04. The molecule has 18 heavy (non-hydrogen) atoms. The van der Waals surface area contributed by atoms with Gasteiger partial charge in [-0.1, -0.05) is 0 Å². The normalized spacial score (nSPS) is 11.9. The van der Waals surface area contributed by atoms with Crippen LogP contribution < -0.4 is 16.8 Å². The fourth-order valence-electron chi connectivity index (χ4n) is 1.53. The predicted molar refractivity (Wildman–Crippen MR) is 71.1 cm³/mol. The van der Waals surface area contributed by atoms with Crippen LogP contribution in [0.5, 0.6) is 0 Å². The third-order valence-corrected chi connectivity index (χ3v) is 2.52. The first kappa shape index (κ1) is 14.2. The number of amides is 2. The number of hydrogen-bond donors (Lipinski definition) is 3. The van der Waals surface area contributed by atoms with E-state index >= 15 is 0 Å². The van der Waals surface area contributed by atoms with Crippen LogP contribution in [0.3, 0.4) is 0 Å². The van der Waals surface area contributed by atoms with E-state index in [1.54, 1.807) is 24.3 Å². The van der Waals surface area contributed by atoms with Crippen molar-refractivity contribution in [1.82, 2.24) is 0 Å². The second-order valence-electron chi connectivity index (χ2n) is 4.36. The molecule has 0 bridgehead atoms. The van der Waals surface area contributed by atoms with Crippen molar-refractivity contribution in [2.75, 3.05) is 5.32 Å².